The van der Waals surface area contributed by atoms with Gasteiger partial charge in [0.1, 0.15) is 12.4 Å². The average Bonchev–Trinajstić information content (AvgIpc) is 3.41. The summed E-state index contributed by atoms with van der Waals surface area (Å²) in [7, 11) is 0. The summed E-state index contributed by atoms with van der Waals surface area (Å²) < 4.78 is 18.1. The van der Waals surface area contributed by atoms with Crippen LogP contribution in [0.1, 0.15) is 11.3 Å². The molecule has 2 aromatic carbocycles. The second-order valence-corrected chi connectivity index (χ2v) is 8.38. The summed E-state index contributed by atoms with van der Waals surface area (Å²) >= 11 is 7.61. The zero-order valence-corrected chi connectivity index (χ0v) is 17.6. The van der Waals surface area contributed by atoms with E-state index in [1.165, 1.54) is 11.3 Å². The first-order valence-electron chi connectivity index (χ1n) is 9.37. The molecule has 0 N–H and O–H groups in total. The monoisotopic (exact) mass is 440 g/mol. The molecule has 1 amide bonds. The topological polar surface area (TPSA) is 64.8 Å². The predicted molar refractivity (Wildman–Crippen MR) is 116 cm³/mol. The number of para-hydroxylation sites is 2. The minimum atomic E-state index is -0.786. The van der Waals surface area contributed by atoms with Gasteiger partial charge in [0.2, 0.25) is 6.10 Å². The van der Waals surface area contributed by atoms with Gasteiger partial charge in [-0.05, 0) is 48.9 Å². The van der Waals surface area contributed by atoms with E-state index in [0.717, 1.165) is 15.8 Å². The van der Waals surface area contributed by atoms with Gasteiger partial charge >= 0.3 is 0 Å². The maximum absolute atomic E-state index is 13.5. The van der Waals surface area contributed by atoms with Crippen molar-refractivity contribution in [3.8, 4) is 11.5 Å². The van der Waals surface area contributed by atoms with Crippen molar-refractivity contribution >= 4 is 44.2 Å². The van der Waals surface area contributed by atoms with E-state index < -0.39 is 6.10 Å². The third-order valence-electron chi connectivity index (χ3n) is 4.81. The Kier molecular flexibility index (Phi) is 4.84. The quantitative estimate of drug-likeness (QED) is 0.435. The van der Waals surface area contributed by atoms with Crippen LogP contribution in [0.3, 0.4) is 0 Å². The Balaban J connectivity index is 1.51. The first-order chi connectivity index (χ1) is 14.6. The molecule has 3 heterocycles. The van der Waals surface area contributed by atoms with Gasteiger partial charge in [-0.1, -0.05) is 35.1 Å². The zero-order valence-electron chi connectivity index (χ0n) is 16.0. The number of carbonyl (C=O) groups excluding carboxylic acids is 1. The van der Waals surface area contributed by atoms with Crippen molar-refractivity contribution in [3.05, 3.63) is 71.1 Å². The highest BCUT2D eigenvalue weighted by molar-refractivity contribution is 7.22. The van der Waals surface area contributed by atoms with E-state index in [-0.39, 0.29) is 19.1 Å². The van der Waals surface area contributed by atoms with Crippen molar-refractivity contribution in [2.24, 2.45) is 0 Å². The van der Waals surface area contributed by atoms with Crippen LogP contribution in [0.2, 0.25) is 5.02 Å². The number of hydrogen-bond donors (Lipinski definition) is 0. The lowest BCUT2D eigenvalue weighted by molar-refractivity contribution is -0.127. The number of hydrogen-bond acceptors (Lipinski definition) is 6. The maximum atomic E-state index is 13.5. The van der Waals surface area contributed by atoms with Crippen molar-refractivity contribution in [2.45, 2.75) is 19.6 Å². The van der Waals surface area contributed by atoms with Crippen molar-refractivity contribution in [2.75, 3.05) is 11.5 Å². The Hall–Kier alpha value is -3.03. The first-order valence-corrected chi connectivity index (χ1v) is 10.6. The lowest BCUT2D eigenvalue weighted by Gasteiger charge is -2.29. The van der Waals surface area contributed by atoms with Crippen LogP contribution < -0.4 is 14.4 Å². The van der Waals surface area contributed by atoms with Crippen LogP contribution in [0.15, 0.2) is 59.2 Å². The molecule has 1 atom stereocenters. The first kappa shape index (κ1) is 19.0. The van der Waals surface area contributed by atoms with E-state index in [1.54, 1.807) is 23.3 Å². The van der Waals surface area contributed by atoms with E-state index >= 15 is 0 Å². The highest BCUT2D eigenvalue weighted by Gasteiger charge is 2.33. The van der Waals surface area contributed by atoms with E-state index in [9.17, 15) is 4.79 Å². The van der Waals surface area contributed by atoms with Gasteiger partial charge in [0.25, 0.3) is 5.91 Å². The summed E-state index contributed by atoms with van der Waals surface area (Å²) in [5, 5.41) is 1.19. The molecule has 0 bridgehead atoms. The average molecular weight is 441 g/mol. The van der Waals surface area contributed by atoms with Crippen molar-refractivity contribution in [1.29, 1.82) is 0 Å². The van der Waals surface area contributed by atoms with Crippen LogP contribution in [0.25, 0.3) is 10.2 Å². The van der Waals surface area contributed by atoms with Crippen LogP contribution in [0.4, 0.5) is 5.13 Å². The second-order valence-electron chi connectivity index (χ2n) is 6.93. The number of anilines is 1. The van der Waals surface area contributed by atoms with E-state index in [4.69, 9.17) is 30.5 Å². The van der Waals surface area contributed by atoms with Gasteiger partial charge in [0.05, 0.1) is 23.0 Å². The predicted octanol–water partition coefficient (Wildman–Crippen LogP) is 5.22. The molecule has 1 unspecified atom stereocenters. The number of aryl methyl sites for hydroxylation is 1. The highest BCUT2D eigenvalue weighted by atomic mass is 35.5. The molecule has 0 saturated carbocycles. The summed E-state index contributed by atoms with van der Waals surface area (Å²) in [6, 6.07) is 14.6. The van der Waals surface area contributed by atoms with Crippen molar-refractivity contribution in [1.82, 2.24) is 4.98 Å². The molecule has 4 aromatic rings. The lowest BCUT2D eigenvalue weighted by Crippen LogP contribution is -2.46. The Morgan fingerprint density at radius 1 is 1.23 bits per heavy atom. The van der Waals surface area contributed by atoms with Crippen molar-refractivity contribution < 1.29 is 18.7 Å². The Bertz CT molecular complexity index is 1220. The van der Waals surface area contributed by atoms with E-state index in [1.807, 2.05) is 43.3 Å². The number of thiazole rings is 1. The molecule has 30 heavy (non-hydrogen) atoms. The summed E-state index contributed by atoms with van der Waals surface area (Å²) in [5.41, 5.74) is 1.78. The third-order valence-corrected chi connectivity index (χ3v) is 6.06. The SMILES string of the molecule is Cc1cc(Cl)cc2sc(N(Cc3ccco3)C(=O)C3COc4ccccc4O3)nc12. The number of fused-ring (bicyclic) bond motifs is 2. The number of rotatable bonds is 4. The van der Waals surface area contributed by atoms with Crippen LogP contribution >= 0.6 is 22.9 Å². The molecule has 1 aliphatic heterocycles. The minimum Gasteiger partial charge on any atom is -0.485 e. The fraction of sp³-hybridized carbons (Fsp3) is 0.182. The number of halogens is 1. The summed E-state index contributed by atoms with van der Waals surface area (Å²) in [6.45, 7) is 2.31. The zero-order chi connectivity index (χ0) is 20.7. The molecule has 2 aromatic heterocycles. The molecular formula is C22H17ClN2O4S. The number of amides is 1. The molecule has 6 nitrogen and oxygen atoms in total. The normalized spacial score (nSPS) is 15.3. The summed E-state index contributed by atoms with van der Waals surface area (Å²) in [6.07, 6.45) is 0.794. The molecule has 8 heteroatoms. The van der Waals surface area contributed by atoms with Gasteiger partial charge in [0, 0.05) is 5.02 Å². The molecule has 152 valence electrons. The smallest absolute Gasteiger partial charge is 0.273 e. The van der Waals surface area contributed by atoms with Crippen LogP contribution in [0.5, 0.6) is 11.5 Å². The molecule has 0 saturated heterocycles. The summed E-state index contributed by atoms with van der Waals surface area (Å²) in [4.78, 5) is 19.8. The molecule has 0 fully saturated rings. The fourth-order valence-electron chi connectivity index (χ4n) is 3.37. The lowest BCUT2D eigenvalue weighted by atomic mass is 10.2. The van der Waals surface area contributed by atoms with Gasteiger partial charge in [-0.15, -0.1) is 0 Å². The van der Waals surface area contributed by atoms with Crippen molar-refractivity contribution in [3.63, 3.8) is 0 Å². The van der Waals surface area contributed by atoms with Gasteiger partial charge in [-0.2, -0.15) is 0 Å². The number of aromatic nitrogens is 1. The Morgan fingerprint density at radius 2 is 2.07 bits per heavy atom. The standard InChI is InChI=1S/C22H17ClN2O4S/c1-13-9-14(23)10-19-20(13)24-22(30-19)25(11-15-5-4-8-27-15)21(26)18-12-28-16-6-2-3-7-17(16)29-18/h2-10,18H,11-12H2,1H3. The van der Waals surface area contributed by atoms with E-state index in [2.05, 4.69) is 0 Å². The van der Waals surface area contributed by atoms with E-state index in [0.29, 0.717) is 27.4 Å². The molecule has 0 aliphatic carbocycles. The second kappa shape index (κ2) is 7.66. The van der Waals surface area contributed by atoms with Crippen LogP contribution in [0, 0.1) is 6.92 Å². The van der Waals surface area contributed by atoms with Gasteiger partial charge in [-0.25, -0.2) is 4.98 Å². The fourth-order valence-corrected chi connectivity index (χ4v) is 4.80. The summed E-state index contributed by atoms with van der Waals surface area (Å²) in [5.74, 6) is 1.58. The Labute approximate surface area is 181 Å². The third kappa shape index (κ3) is 3.51. The number of furan rings is 1. The van der Waals surface area contributed by atoms with Crippen LogP contribution in [-0.4, -0.2) is 23.6 Å². The molecular weight excluding hydrogens is 424 g/mol. The van der Waals surface area contributed by atoms with Gasteiger partial charge < -0.3 is 13.9 Å². The maximum Gasteiger partial charge on any atom is 0.273 e. The minimum absolute atomic E-state index is 0.125. The number of ether oxygens (including phenoxy) is 2. The Morgan fingerprint density at radius 3 is 2.87 bits per heavy atom. The molecule has 5 rings (SSSR count). The number of nitrogens with zero attached hydrogens (tertiary/aromatic N) is 2. The molecule has 0 radical (unpaired) electrons. The van der Waals surface area contributed by atoms with Gasteiger partial charge in [-0.3, -0.25) is 9.69 Å². The van der Waals surface area contributed by atoms with Crippen LogP contribution in [-0.2, 0) is 11.3 Å². The van der Waals surface area contributed by atoms with Gasteiger partial charge in [0.15, 0.2) is 16.6 Å². The number of benzene rings is 2. The molecule has 1 aliphatic rings. The molecule has 0 spiro atoms. The largest absolute Gasteiger partial charge is 0.485 e. The highest BCUT2D eigenvalue weighted by Crippen LogP contribution is 2.36. The number of carbonyl (C=O) groups is 1.